The maximum absolute atomic E-state index is 12.7. The number of carbonyl (C=O) groups excluding carboxylic acids is 2. The highest BCUT2D eigenvalue weighted by molar-refractivity contribution is 6.03. The first-order valence-corrected chi connectivity index (χ1v) is 9.07. The van der Waals surface area contributed by atoms with E-state index in [9.17, 15) is 14.7 Å². The van der Waals surface area contributed by atoms with Gasteiger partial charge in [0.25, 0.3) is 0 Å². The third-order valence-electron chi connectivity index (χ3n) is 4.66. The molecule has 6 nitrogen and oxygen atoms in total. The van der Waals surface area contributed by atoms with Crippen molar-refractivity contribution in [1.29, 1.82) is 0 Å². The van der Waals surface area contributed by atoms with E-state index in [1.807, 2.05) is 24.3 Å². The molecule has 2 aromatic rings. The number of hydrogen-bond acceptors (Lipinski definition) is 4. The van der Waals surface area contributed by atoms with Gasteiger partial charge in [-0.2, -0.15) is 0 Å². The maximum Gasteiger partial charge on any atom is 0.244 e. The van der Waals surface area contributed by atoms with Gasteiger partial charge in [-0.3, -0.25) is 9.59 Å². The van der Waals surface area contributed by atoms with Crippen LogP contribution in [0, 0.1) is 0 Å². The summed E-state index contributed by atoms with van der Waals surface area (Å²) in [6.45, 7) is 0.435. The quantitative estimate of drug-likeness (QED) is 0.769. The molecule has 2 N–H and O–H groups in total. The SMILES string of the molecule is COCCc1cc(O)ccc1NC(=O)CN1C(=O)CCCc2ccccc21. The lowest BCUT2D eigenvalue weighted by Gasteiger charge is -2.23. The first-order valence-electron chi connectivity index (χ1n) is 9.07. The number of aromatic hydroxyl groups is 1. The molecular formula is C21H24N2O4. The second kappa shape index (κ2) is 8.68. The Labute approximate surface area is 158 Å². The molecule has 0 aromatic heterocycles. The zero-order valence-corrected chi connectivity index (χ0v) is 15.4. The molecule has 142 valence electrons. The van der Waals surface area contributed by atoms with Crippen molar-refractivity contribution in [3.05, 3.63) is 53.6 Å². The minimum absolute atomic E-state index is 0.0412. The number of benzene rings is 2. The average Bonchev–Trinajstić information content (AvgIpc) is 2.81. The van der Waals surface area contributed by atoms with E-state index in [1.165, 1.54) is 6.07 Å². The monoisotopic (exact) mass is 368 g/mol. The summed E-state index contributed by atoms with van der Waals surface area (Å²) in [5.74, 6) is -0.180. The van der Waals surface area contributed by atoms with Crippen molar-refractivity contribution in [2.75, 3.05) is 30.5 Å². The lowest BCUT2D eigenvalue weighted by atomic mass is 10.1. The van der Waals surface area contributed by atoms with Crippen LogP contribution in [0.2, 0.25) is 0 Å². The minimum Gasteiger partial charge on any atom is -0.508 e. The molecule has 1 aliphatic rings. The van der Waals surface area contributed by atoms with Gasteiger partial charge in [-0.05, 0) is 54.7 Å². The van der Waals surface area contributed by atoms with Crippen LogP contribution >= 0.6 is 0 Å². The fourth-order valence-electron chi connectivity index (χ4n) is 3.31. The highest BCUT2D eigenvalue weighted by Gasteiger charge is 2.24. The number of methoxy groups -OCH3 is 1. The highest BCUT2D eigenvalue weighted by Crippen LogP contribution is 2.27. The second-order valence-electron chi connectivity index (χ2n) is 6.59. The number of amides is 2. The van der Waals surface area contributed by atoms with Crippen LogP contribution in [0.4, 0.5) is 11.4 Å². The standard InChI is InChI=1S/C21H24N2O4/c1-27-12-11-16-13-17(24)9-10-18(16)22-20(25)14-23-19-7-3-2-5-15(19)6-4-8-21(23)26/h2-3,5,7,9-10,13,24H,4,6,8,11-12,14H2,1H3,(H,22,25). The molecule has 0 spiro atoms. The lowest BCUT2D eigenvalue weighted by molar-refractivity contribution is -0.121. The predicted molar refractivity (Wildman–Crippen MR) is 104 cm³/mol. The van der Waals surface area contributed by atoms with Crippen molar-refractivity contribution in [3.63, 3.8) is 0 Å². The van der Waals surface area contributed by atoms with Gasteiger partial charge in [-0.25, -0.2) is 0 Å². The van der Waals surface area contributed by atoms with Crippen molar-refractivity contribution in [1.82, 2.24) is 0 Å². The normalized spacial score (nSPS) is 13.8. The van der Waals surface area contributed by atoms with E-state index in [2.05, 4.69) is 5.32 Å². The third kappa shape index (κ3) is 4.65. The summed E-state index contributed by atoms with van der Waals surface area (Å²) in [6.07, 6.45) is 2.61. The van der Waals surface area contributed by atoms with Gasteiger partial charge in [0.2, 0.25) is 11.8 Å². The molecule has 27 heavy (non-hydrogen) atoms. The summed E-state index contributed by atoms with van der Waals surface area (Å²) in [5.41, 5.74) is 3.29. The van der Waals surface area contributed by atoms with Gasteiger partial charge in [0.05, 0.1) is 6.61 Å². The van der Waals surface area contributed by atoms with Crippen LogP contribution in [0.1, 0.15) is 24.0 Å². The van der Waals surface area contributed by atoms with Gasteiger partial charge in [0, 0.05) is 24.9 Å². The number of carbonyl (C=O) groups is 2. The number of fused-ring (bicyclic) bond motifs is 1. The van der Waals surface area contributed by atoms with E-state index in [0.717, 1.165) is 29.7 Å². The summed E-state index contributed by atoms with van der Waals surface area (Å²) >= 11 is 0. The zero-order valence-electron chi connectivity index (χ0n) is 15.4. The third-order valence-corrected chi connectivity index (χ3v) is 4.66. The Morgan fingerprint density at radius 3 is 2.85 bits per heavy atom. The number of hydrogen-bond donors (Lipinski definition) is 2. The van der Waals surface area contributed by atoms with Crippen LogP contribution in [0.3, 0.4) is 0 Å². The van der Waals surface area contributed by atoms with E-state index in [1.54, 1.807) is 24.1 Å². The molecule has 3 rings (SSSR count). The molecule has 0 bridgehead atoms. The van der Waals surface area contributed by atoms with E-state index in [-0.39, 0.29) is 24.1 Å². The van der Waals surface area contributed by atoms with Crippen LogP contribution in [0.15, 0.2) is 42.5 Å². The van der Waals surface area contributed by atoms with E-state index in [4.69, 9.17) is 4.74 Å². The van der Waals surface area contributed by atoms with Gasteiger partial charge >= 0.3 is 0 Å². The van der Waals surface area contributed by atoms with E-state index in [0.29, 0.717) is 25.1 Å². The van der Waals surface area contributed by atoms with E-state index >= 15 is 0 Å². The molecule has 0 saturated carbocycles. The molecule has 0 fully saturated rings. The maximum atomic E-state index is 12.7. The first kappa shape index (κ1) is 18.9. The van der Waals surface area contributed by atoms with Crippen molar-refractivity contribution >= 4 is 23.2 Å². The van der Waals surface area contributed by atoms with Crippen LogP contribution < -0.4 is 10.2 Å². The average molecular weight is 368 g/mol. The molecule has 1 aliphatic heterocycles. The number of anilines is 2. The molecule has 0 atom stereocenters. The van der Waals surface area contributed by atoms with Crippen molar-refractivity contribution in [2.45, 2.75) is 25.7 Å². The number of nitrogens with zero attached hydrogens (tertiary/aromatic N) is 1. The predicted octanol–water partition coefficient (Wildman–Crippen LogP) is 2.89. The van der Waals surface area contributed by atoms with Crippen molar-refractivity contribution < 1.29 is 19.4 Å². The summed E-state index contributed by atoms with van der Waals surface area (Å²) in [6, 6.07) is 12.5. The fraction of sp³-hybridized carbons (Fsp3) is 0.333. The largest absolute Gasteiger partial charge is 0.508 e. The molecule has 0 saturated heterocycles. The molecule has 2 amide bonds. The summed E-state index contributed by atoms with van der Waals surface area (Å²) in [7, 11) is 1.60. The van der Waals surface area contributed by atoms with Crippen molar-refractivity contribution in [3.8, 4) is 5.75 Å². The molecule has 0 unspecified atom stereocenters. The Bertz CT molecular complexity index is 835. The van der Waals surface area contributed by atoms with Gasteiger partial charge < -0.3 is 20.1 Å². The second-order valence-corrected chi connectivity index (χ2v) is 6.59. The summed E-state index contributed by atoms with van der Waals surface area (Å²) in [4.78, 5) is 26.7. The lowest BCUT2D eigenvalue weighted by Crippen LogP contribution is -2.37. The molecule has 1 heterocycles. The highest BCUT2D eigenvalue weighted by atomic mass is 16.5. The zero-order chi connectivity index (χ0) is 19.2. The number of aryl methyl sites for hydroxylation is 1. The Kier molecular flexibility index (Phi) is 6.08. The number of rotatable bonds is 6. The Morgan fingerprint density at radius 2 is 2.04 bits per heavy atom. The van der Waals surface area contributed by atoms with Crippen LogP contribution in [0.5, 0.6) is 5.75 Å². The van der Waals surface area contributed by atoms with Gasteiger partial charge in [-0.1, -0.05) is 18.2 Å². The van der Waals surface area contributed by atoms with Crippen LogP contribution in [-0.2, 0) is 27.2 Å². The summed E-state index contributed by atoms with van der Waals surface area (Å²) < 4.78 is 5.09. The Balaban J connectivity index is 1.77. The number of nitrogens with one attached hydrogen (secondary N) is 1. The number of para-hydroxylation sites is 1. The topological polar surface area (TPSA) is 78.9 Å². The van der Waals surface area contributed by atoms with Crippen LogP contribution in [0.25, 0.3) is 0 Å². The molecule has 0 radical (unpaired) electrons. The number of ether oxygens (including phenoxy) is 1. The number of phenolic OH excluding ortho intramolecular Hbond substituents is 1. The van der Waals surface area contributed by atoms with Gasteiger partial charge in [0.1, 0.15) is 12.3 Å². The molecule has 2 aromatic carbocycles. The van der Waals surface area contributed by atoms with E-state index < -0.39 is 0 Å². The minimum atomic E-state index is -0.274. The van der Waals surface area contributed by atoms with Crippen molar-refractivity contribution in [2.24, 2.45) is 0 Å². The van der Waals surface area contributed by atoms with Crippen LogP contribution in [-0.4, -0.2) is 37.2 Å². The first-order chi connectivity index (χ1) is 13.1. The van der Waals surface area contributed by atoms with Gasteiger partial charge in [0.15, 0.2) is 0 Å². The molecule has 6 heteroatoms. The number of phenols is 1. The molecule has 0 aliphatic carbocycles. The Morgan fingerprint density at radius 1 is 1.22 bits per heavy atom. The molecular weight excluding hydrogens is 344 g/mol. The van der Waals surface area contributed by atoms with Gasteiger partial charge in [-0.15, -0.1) is 0 Å². The fourth-order valence-corrected chi connectivity index (χ4v) is 3.31. The Hall–Kier alpha value is -2.86. The smallest absolute Gasteiger partial charge is 0.244 e. The summed E-state index contributed by atoms with van der Waals surface area (Å²) in [5, 5.41) is 12.6.